The molecular formula is C11H23NS. The second-order valence-corrected chi connectivity index (χ2v) is 5.82. The molecule has 0 aliphatic heterocycles. The molecule has 1 saturated carbocycles. The lowest BCUT2D eigenvalue weighted by molar-refractivity contribution is 0.524. The van der Waals surface area contributed by atoms with Gasteiger partial charge in [0.15, 0.2) is 0 Å². The van der Waals surface area contributed by atoms with Gasteiger partial charge in [-0.05, 0) is 30.4 Å². The van der Waals surface area contributed by atoms with E-state index in [4.69, 9.17) is 5.73 Å². The lowest BCUT2D eigenvalue weighted by atomic mass is 10.0. The van der Waals surface area contributed by atoms with Crippen molar-refractivity contribution in [3.8, 4) is 0 Å². The van der Waals surface area contributed by atoms with Crippen LogP contribution in [0.25, 0.3) is 0 Å². The van der Waals surface area contributed by atoms with Crippen LogP contribution in [0.5, 0.6) is 0 Å². The molecule has 0 amide bonds. The Morgan fingerprint density at radius 3 is 2.38 bits per heavy atom. The molecule has 0 aromatic carbocycles. The number of hydrogen-bond donors (Lipinski definition) is 1. The molecule has 13 heavy (non-hydrogen) atoms. The first kappa shape index (κ1) is 11.4. The number of nitrogens with two attached hydrogens (primary N) is 1. The van der Waals surface area contributed by atoms with E-state index in [1.165, 1.54) is 31.4 Å². The minimum atomic E-state index is 0.741. The Balaban J connectivity index is 2.24. The first-order chi connectivity index (χ1) is 6.24. The fourth-order valence-electron chi connectivity index (χ4n) is 2.04. The van der Waals surface area contributed by atoms with Crippen molar-refractivity contribution >= 4 is 11.8 Å². The Morgan fingerprint density at radius 2 is 1.92 bits per heavy atom. The van der Waals surface area contributed by atoms with Crippen LogP contribution in [-0.2, 0) is 0 Å². The van der Waals surface area contributed by atoms with Crippen LogP contribution in [0.1, 0.15) is 39.5 Å². The second-order valence-electron chi connectivity index (χ2n) is 4.55. The van der Waals surface area contributed by atoms with Gasteiger partial charge in [-0.2, -0.15) is 11.8 Å². The van der Waals surface area contributed by atoms with Gasteiger partial charge in [-0.3, -0.25) is 0 Å². The minimum absolute atomic E-state index is 0.741. The lowest BCUT2D eigenvalue weighted by Crippen LogP contribution is -2.25. The van der Waals surface area contributed by atoms with Crippen molar-refractivity contribution in [3.63, 3.8) is 0 Å². The largest absolute Gasteiger partial charge is 0.329 e. The fraction of sp³-hybridized carbons (Fsp3) is 1.00. The Hall–Kier alpha value is 0.310. The van der Waals surface area contributed by atoms with E-state index in [9.17, 15) is 0 Å². The predicted octanol–water partition coefficient (Wildman–Crippen LogP) is 2.89. The molecule has 0 aromatic rings. The maximum absolute atomic E-state index is 5.82. The van der Waals surface area contributed by atoms with Crippen molar-refractivity contribution in [1.82, 2.24) is 0 Å². The van der Waals surface area contributed by atoms with Gasteiger partial charge in [-0.15, -0.1) is 0 Å². The number of hydrogen-bond acceptors (Lipinski definition) is 2. The number of thioether (sulfide) groups is 1. The van der Waals surface area contributed by atoms with Crippen molar-refractivity contribution in [2.24, 2.45) is 17.6 Å². The molecule has 1 nitrogen and oxygen atoms in total. The third-order valence-electron chi connectivity index (χ3n) is 2.80. The third-order valence-corrected chi connectivity index (χ3v) is 4.67. The Kier molecular flexibility index (Phi) is 5.18. The summed E-state index contributed by atoms with van der Waals surface area (Å²) >= 11 is 2.10. The standard InChI is InChI=1S/C11H23NS/c1-9(2)8-13-11(7-12)10-5-3-4-6-10/h9-11H,3-8,12H2,1-2H3. The second kappa shape index (κ2) is 5.92. The minimum Gasteiger partial charge on any atom is -0.329 e. The van der Waals surface area contributed by atoms with Crippen molar-refractivity contribution in [1.29, 1.82) is 0 Å². The Labute approximate surface area is 86.8 Å². The van der Waals surface area contributed by atoms with E-state index in [-0.39, 0.29) is 0 Å². The summed E-state index contributed by atoms with van der Waals surface area (Å²) in [5.41, 5.74) is 5.82. The Bertz CT molecular complexity index is 130. The van der Waals surface area contributed by atoms with Crippen LogP contribution < -0.4 is 5.73 Å². The van der Waals surface area contributed by atoms with Gasteiger partial charge in [0.1, 0.15) is 0 Å². The van der Waals surface area contributed by atoms with Crippen LogP contribution in [0.3, 0.4) is 0 Å². The van der Waals surface area contributed by atoms with Crippen LogP contribution in [0.15, 0.2) is 0 Å². The van der Waals surface area contributed by atoms with Crippen molar-refractivity contribution in [3.05, 3.63) is 0 Å². The van der Waals surface area contributed by atoms with Crippen LogP contribution in [0.4, 0.5) is 0 Å². The van der Waals surface area contributed by atoms with Gasteiger partial charge < -0.3 is 5.73 Å². The normalized spacial score (nSPS) is 21.2. The summed E-state index contributed by atoms with van der Waals surface area (Å²) in [5, 5.41) is 0.741. The van der Waals surface area contributed by atoms with E-state index in [1.807, 2.05) is 0 Å². The molecular weight excluding hydrogens is 178 g/mol. The summed E-state index contributed by atoms with van der Waals surface area (Å²) in [6.45, 7) is 5.45. The zero-order valence-electron chi connectivity index (χ0n) is 8.96. The van der Waals surface area contributed by atoms with E-state index in [1.54, 1.807) is 0 Å². The number of rotatable bonds is 5. The molecule has 1 aliphatic rings. The highest BCUT2D eigenvalue weighted by Crippen LogP contribution is 2.33. The zero-order valence-corrected chi connectivity index (χ0v) is 9.78. The van der Waals surface area contributed by atoms with Gasteiger partial charge in [0.05, 0.1) is 0 Å². The molecule has 0 heterocycles. The van der Waals surface area contributed by atoms with Gasteiger partial charge >= 0.3 is 0 Å². The first-order valence-corrected chi connectivity index (χ1v) is 6.60. The molecule has 2 heteroatoms. The summed E-state index contributed by atoms with van der Waals surface area (Å²) in [6.07, 6.45) is 5.72. The van der Waals surface area contributed by atoms with E-state index in [0.29, 0.717) is 0 Å². The summed E-state index contributed by atoms with van der Waals surface area (Å²) in [4.78, 5) is 0. The summed E-state index contributed by atoms with van der Waals surface area (Å²) in [6, 6.07) is 0. The van der Waals surface area contributed by atoms with Gasteiger partial charge in [0, 0.05) is 11.8 Å². The van der Waals surface area contributed by atoms with Gasteiger partial charge in [0.25, 0.3) is 0 Å². The van der Waals surface area contributed by atoms with Crippen molar-refractivity contribution in [2.45, 2.75) is 44.8 Å². The molecule has 0 radical (unpaired) electrons. The molecule has 1 aliphatic carbocycles. The molecule has 0 aromatic heterocycles. The molecule has 1 rings (SSSR count). The van der Waals surface area contributed by atoms with Crippen molar-refractivity contribution < 1.29 is 0 Å². The van der Waals surface area contributed by atoms with Gasteiger partial charge in [-0.1, -0.05) is 26.7 Å². The predicted molar refractivity (Wildman–Crippen MR) is 62.1 cm³/mol. The summed E-state index contributed by atoms with van der Waals surface area (Å²) in [5.74, 6) is 3.01. The molecule has 1 fully saturated rings. The Morgan fingerprint density at radius 1 is 1.31 bits per heavy atom. The molecule has 1 atom stereocenters. The van der Waals surface area contributed by atoms with Crippen LogP contribution >= 0.6 is 11.8 Å². The topological polar surface area (TPSA) is 26.0 Å². The SMILES string of the molecule is CC(C)CSC(CN)C1CCCC1. The van der Waals surface area contributed by atoms with E-state index >= 15 is 0 Å². The average Bonchev–Trinajstić information content (AvgIpc) is 2.58. The highest BCUT2D eigenvalue weighted by Gasteiger charge is 2.24. The zero-order chi connectivity index (χ0) is 9.68. The molecule has 0 bridgehead atoms. The lowest BCUT2D eigenvalue weighted by Gasteiger charge is -2.21. The summed E-state index contributed by atoms with van der Waals surface area (Å²) < 4.78 is 0. The van der Waals surface area contributed by atoms with Gasteiger partial charge in [-0.25, -0.2) is 0 Å². The molecule has 1 unspecified atom stereocenters. The van der Waals surface area contributed by atoms with Crippen LogP contribution in [0, 0.1) is 11.8 Å². The monoisotopic (exact) mass is 201 g/mol. The summed E-state index contributed by atoms with van der Waals surface area (Å²) in [7, 11) is 0. The van der Waals surface area contributed by atoms with Crippen LogP contribution in [0.2, 0.25) is 0 Å². The van der Waals surface area contributed by atoms with Crippen LogP contribution in [-0.4, -0.2) is 17.5 Å². The molecule has 0 spiro atoms. The molecule has 0 saturated heterocycles. The van der Waals surface area contributed by atoms with E-state index in [0.717, 1.165) is 23.6 Å². The smallest absolute Gasteiger partial charge is 0.0198 e. The molecule has 2 N–H and O–H groups in total. The maximum Gasteiger partial charge on any atom is 0.0198 e. The quantitative estimate of drug-likeness (QED) is 0.740. The van der Waals surface area contributed by atoms with E-state index in [2.05, 4.69) is 25.6 Å². The van der Waals surface area contributed by atoms with Crippen molar-refractivity contribution in [2.75, 3.05) is 12.3 Å². The third kappa shape index (κ3) is 3.90. The fourth-order valence-corrected chi connectivity index (χ4v) is 3.35. The van der Waals surface area contributed by atoms with Gasteiger partial charge in [0.2, 0.25) is 0 Å². The first-order valence-electron chi connectivity index (χ1n) is 5.55. The molecule has 78 valence electrons. The average molecular weight is 201 g/mol. The maximum atomic E-state index is 5.82. The highest BCUT2D eigenvalue weighted by molar-refractivity contribution is 7.99. The highest BCUT2D eigenvalue weighted by atomic mass is 32.2. The van der Waals surface area contributed by atoms with E-state index < -0.39 is 0 Å².